The monoisotopic (exact) mass is 234 g/mol. The molecular formula is C12H14N2OS. The van der Waals surface area contributed by atoms with Crippen LogP contribution in [0.3, 0.4) is 0 Å². The van der Waals surface area contributed by atoms with Crippen LogP contribution in [0.1, 0.15) is 11.9 Å². The van der Waals surface area contributed by atoms with Gasteiger partial charge in [-0.15, -0.1) is 11.3 Å². The molecule has 0 radical (unpaired) electrons. The summed E-state index contributed by atoms with van der Waals surface area (Å²) in [5, 5.41) is 6.38. The van der Waals surface area contributed by atoms with Crippen molar-refractivity contribution in [1.29, 1.82) is 0 Å². The predicted octanol–water partition coefficient (Wildman–Crippen LogP) is 3.15. The van der Waals surface area contributed by atoms with E-state index in [0.717, 1.165) is 23.0 Å². The molecule has 84 valence electrons. The third kappa shape index (κ3) is 2.97. The number of hydrogen-bond donors (Lipinski definition) is 1. The highest BCUT2D eigenvalue weighted by atomic mass is 32.1. The molecule has 0 aliphatic rings. The molecule has 1 aromatic heterocycles. The van der Waals surface area contributed by atoms with E-state index in [-0.39, 0.29) is 0 Å². The molecule has 1 heterocycles. The van der Waals surface area contributed by atoms with Gasteiger partial charge in [0, 0.05) is 17.3 Å². The zero-order valence-corrected chi connectivity index (χ0v) is 9.96. The predicted molar refractivity (Wildman–Crippen MR) is 67.1 cm³/mol. The summed E-state index contributed by atoms with van der Waals surface area (Å²) in [5.41, 5.74) is 1.08. The van der Waals surface area contributed by atoms with Gasteiger partial charge in [-0.25, -0.2) is 4.98 Å². The Hall–Kier alpha value is -1.55. The normalized spacial score (nSPS) is 10.1. The Balaban J connectivity index is 1.90. The number of thiazole rings is 1. The van der Waals surface area contributed by atoms with Crippen molar-refractivity contribution >= 4 is 17.0 Å². The van der Waals surface area contributed by atoms with Crippen molar-refractivity contribution in [2.75, 3.05) is 11.9 Å². The molecule has 0 saturated carbocycles. The van der Waals surface area contributed by atoms with Crippen molar-refractivity contribution in [1.82, 2.24) is 4.98 Å². The molecule has 0 saturated heterocycles. The van der Waals surface area contributed by atoms with Crippen molar-refractivity contribution in [3.8, 4) is 5.75 Å². The van der Waals surface area contributed by atoms with Gasteiger partial charge in [-0.3, -0.25) is 0 Å². The molecule has 0 unspecified atom stereocenters. The van der Waals surface area contributed by atoms with E-state index >= 15 is 0 Å². The van der Waals surface area contributed by atoms with Crippen molar-refractivity contribution < 1.29 is 4.74 Å². The van der Waals surface area contributed by atoms with Gasteiger partial charge >= 0.3 is 0 Å². The van der Waals surface area contributed by atoms with E-state index in [0.29, 0.717) is 6.61 Å². The lowest BCUT2D eigenvalue weighted by Gasteiger charge is -2.06. The molecule has 0 bridgehead atoms. The molecule has 1 aromatic carbocycles. The first kappa shape index (κ1) is 11.0. The Kier molecular flexibility index (Phi) is 3.77. The van der Waals surface area contributed by atoms with Crippen molar-refractivity contribution in [3.63, 3.8) is 0 Å². The van der Waals surface area contributed by atoms with Crippen LogP contribution in [-0.2, 0) is 6.54 Å². The summed E-state index contributed by atoms with van der Waals surface area (Å²) in [6.45, 7) is 3.45. The molecule has 0 aliphatic heterocycles. The maximum absolute atomic E-state index is 5.37. The Morgan fingerprint density at radius 3 is 2.75 bits per heavy atom. The highest BCUT2D eigenvalue weighted by molar-refractivity contribution is 7.09. The molecule has 3 nitrogen and oxygen atoms in total. The van der Waals surface area contributed by atoms with Crippen LogP contribution >= 0.6 is 11.3 Å². The largest absolute Gasteiger partial charge is 0.494 e. The minimum Gasteiger partial charge on any atom is -0.494 e. The first-order chi connectivity index (χ1) is 7.88. The number of aromatic nitrogens is 1. The van der Waals surface area contributed by atoms with Crippen LogP contribution in [0.25, 0.3) is 0 Å². The first-order valence-corrected chi connectivity index (χ1v) is 6.11. The van der Waals surface area contributed by atoms with Gasteiger partial charge in [0.25, 0.3) is 0 Å². The van der Waals surface area contributed by atoms with Crippen LogP contribution in [0.15, 0.2) is 35.8 Å². The van der Waals surface area contributed by atoms with Gasteiger partial charge in [0.2, 0.25) is 0 Å². The molecule has 0 aliphatic carbocycles. The minimum absolute atomic E-state index is 0.700. The van der Waals surface area contributed by atoms with Crippen molar-refractivity contribution in [2.24, 2.45) is 0 Å². The molecule has 1 N–H and O–H groups in total. The maximum atomic E-state index is 5.37. The fourth-order valence-corrected chi connectivity index (χ4v) is 1.91. The second kappa shape index (κ2) is 5.51. The summed E-state index contributed by atoms with van der Waals surface area (Å²) >= 11 is 1.66. The van der Waals surface area contributed by atoms with Gasteiger partial charge in [0.05, 0.1) is 13.2 Å². The lowest BCUT2D eigenvalue weighted by atomic mass is 10.3. The average Bonchev–Trinajstić information content (AvgIpc) is 2.82. The van der Waals surface area contributed by atoms with Gasteiger partial charge < -0.3 is 10.1 Å². The number of hydrogen-bond acceptors (Lipinski definition) is 4. The van der Waals surface area contributed by atoms with Gasteiger partial charge in [0.15, 0.2) is 0 Å². The standard InChI is InChI=1S/C12H14N2OS/c1-2-15-11-5-3-10(4-6-11)14-9-12-13-7-8-16-12/h3-8,14H,2,9H2,1H3. The second-order valence-electron chi connectivity index (χ2n) is 3.24. The lowest BCUT2D eigenvalue weighted by molar-refractivity contribution is 0.340. The molecule has 2 aromatic rings. The maximum Gasteiger partial charge on any atom is 0.119 e. The Morgan fingerprint density at radius 1 is 1.31 bits per heavy atom. The van der Waals surface area contributed by atoms with Crippen LogP contribution in [0.5, 0.6) is 5.75 Å². The summed E-state index contributed by atoms with van der Waals surface area (Å²) < 4.78 is 5.37. The molecule has 0 fully saturated rings. The van der Waals surface area contributed by atoms with Crippen LogP contribution in [0, 0.1) is 0 Å². The molecule has 16 heavy (non-hydrogen) atoms. The van der Waals surface area contributed by atoms with Gasteiger partial charge in [-0.1, -0.05) is 0 Å². The number of anilines is 1. The Labute approximate surface area is 99.1 Å². The van der Waals surface area contributed by atoms with Crippen molar-refractivity contribution in [2.45, 2.75) is 13.5 Å². The third-order valence-electron chi connectivity index (χ3n) is 2.09. The number of nitrogens with zero attached hydrogens (tertiary/aromatic N) is 1. The van der Waals surface area contributed by atoms with Gasteiger partial charge in [-0.05, 0) is 31.2 Å². The van der Waals surface area contributed by atoms with E-state index in [9.17, 15) is 0 Å². The Morgan fingerprint density at radius 2 is 2.12 bits per heavy atom. The third-order valence-corrected chi connectivity index (χ3v) is 2.87. The number of ether oxygens (including phenoxy) is 1. The molecule has 4 heteroatoms. The lowest BCUT2D eigenvalue weighted by Crippen LogP contribution is -1.98. The second-order valence-corrected chi connectivity index (χ2v) is 4.22. The first-order valence-electron chi connectivity index (χ1n) is 5.23. The number of rotatable bonds is 5. The van der Waals surface area contributed by atoms with E-state index in [1.807, 2.05) is 42.8 Å². The van der Waals surface area contributed by atoms with E-state index in [1.54, 1.807) is 11.3 Å². The SMILES string of the molecule is CCOc1ccc(NCc2nccs2)cc1. The summed E-state index contributed by atoms with van der Waals surface area (Å²) in [5.74, 6) is 0.905. The molecular weight excluding hydrogens is 220 g/mol. The van der Waals surface area contributed by atoms with Crippen LogP contribution in [0.2, 0.25) is 0 Å². The highest BCUT2D eigenvalue weighted by Crippen LogP contribution is 2.16. The molecule has 2 rings (SSSR count). The topological polar surface area (TPSA) is 34.1 Å². The summed E-state index contributed by atoms with van der Waals surface area (Å²) in [4.78, 5) is 4.21. The van der Waals surface area contributed by atoms with Gasteiger partial charge in [-0.2, -0.15) is 0 Å². The highest BCUT2D eigenvalue weighted by Gasteiger charge is 1.96. The van der Waals surface area contributed by atoms with Gasteiger partial charge in [0.1, 0.15) is 10.8 Å². The zero-order valence-electron chi connectivity index (χ0n) is 9.14. The Bertz CT molecular complexity index is 411. The fourth-order valence-electron chi connectivity index (χ4n) is 1.35. The fraction of sp³-hybridized carbons (Fsp3) is 0.250. The smallest absolute Gasteiger partial charge is 0.119 e. The van der Waals surface area contributed by atoms with Crippen LogP contribution in [-0.4, -0.2) is 11.6 Å². The average molecular weight is 234 g/mol. The zero-order chi connectivity index (χ0) is 11.2. The van der Waals surface area contributed by atoms with E-state index in [2.05, 4.69) is 10.3 Å². The van der Waals surface area contributed by atoms with E-state index < -0.39 is 0 Å². The van der Waals surface area contributed by atoms with Crippen LogP contribution < -0.4 is 10.1 Å². The summed E-state index contributed by atoms with van der Waals surface area (Å²) in [6, 6.07) is 7.96. The summed E-state index contributed by atoms with van der Waals surface area (Å²) in [7, 11) is 0. The summed E-state index contributed by atoms with van der Waals surface area (Å²) in [6.07, 6.45) is 1.82. The van der Waals surface area contributed by atoms with Crippen molar-refractivity contribution in [3.05, 3.63) is 40.8 Å². The quantitative estimate of drug-likeness (QED) is 0.863. The molecule has 0 atom stereocenters. The number of benzene rings is 1. The minimum atomic E-state index is 0.700. The molecule has 0 amide bonds. The van der Waals surface area contributed by atoms with E-state index in [1.165, 1.54) is 0 Å². The molecule has 0 spiro atoms. The van der Waals surface area contributed by atoms with Crippen LogP contribution in [0.4, 0.5) is 5.69 Å². The van der Waals surface area contributed by atoms with E-state index in [4.69, 9.17) is 4.74 Å². The number of nitrogens with one attached hydrogen (secondary N) is 1.